The third-order valence-corrected chi connectivity index (χ3v) is 3.31. The van der Waals surface area contributed by atoms with Crippen molar-refractivity contribution in [3.8, 4) is 5.75 Å². The van der Waals surface area contributed by atoms with Crippen molar-refractivity contribution >= 4 is 22.8 Å². The molecule has 0 bridgehead atoms. The van der Waals surface area contributed by atoms with Crippen LogP contribution in [0.1, 0.15) is 15.9 Å². The maximum atomic E-state index is 12.2. The fourth-order valence-electron chi connectivity index (χ4n) is 2.15. The van der Waals surface area contributed by atoms with Crippen LogP contribution in [0, 0.1) is 0 Å². The highest BCUT2D eigenvalue weighted by Gasteiger charge is 2.09. The maximum absolute atomic E-state index is 12.2. The van der Waals surface area contributed by atoms with Crippen LogP contribution in [0.15, 0.2) is 73.3 Å². The Morgan fingerprint density at radius 1 is 0.905 bits per heavy atom. The topological polar surface area (TPSA) is 26.3 Å². The molecule has 2 nitrogen and oxygen atoms in total. The molecular formula is C19H14O2. The summed E-state index contributed by atoms with van der Waals surface area (Å²) in [7, 11) is 0. The first-order valence-corrected chi connectivity index (χ1v) is 6.70. The molecule has 0 N–H and O–H groups in total. The molecule has 0 unspecified atom stereocenters. The van der Waals surface area contributed by atoms with E-state index >= 15 is 0 Å². The van der Waals surface area contributed by atoms with E-state index in [0.717, 1.165) is 16.3 Å². The smallest absolute Gasteiger partial charge is 0.343 e. The SMILES string of the molecule is C=Cc1ccc(OC(=O)c2ccc3ccccc3c2)cc1. The second kappa shape index (κ2) is 5.63. The van der Waals surface area contributed by atoms with Gasteiger partial charge in [-0.2, -0.15) is 0 Å². The zero-order valence-corrected chi connectivity index (χ0v) is 11.5. The van der Waals surface area contributed by atoms with Crippen molar-refractivity contribution in [3.05, 3.63) is 84.4 Å². The maximum Gasteiger partial charge on any atom is 0.343 e. The van der Waals surface area contributed by atoms with Gasteiger partial charge in [0.2, 0.25) is 0 Å². The molecule has 21 heavy (non-hydrogen) atoms. The first kappa shape index (κ1) is 13.1. The van der Waals surface area contributed by atoms with Gasteiger partial charge in [0, 0.05) is 0 Å². The third kappa shape index (κ3) is 2.84. The lowest BCUT2D eigenvalue weighted by atomic mass is 10.1. The van der Waals surface area contributed by atoms with Crippen LogP contribution in [-0.2, 0) is 0 Å². The van der Waals surface area contributed by atoms with E-state index < -0.39 is 0 Å². The van der Waals surface area contributed by atoms with Crippen LogP contribution in [0.5, 0.6) is 5.75 Å². The van der Waals surface area contributed by atoms with Gasteiger partial charge < -0.3 is 4.74 Å². The first-order chi connectivity index (χ1) is 10.3. The van der Waals surface area contributed by atoms with E-state index in [0.29, 0.717) is 11.3 Å². The van der Waals surface area contributed by atoms with Crippen LogP contribution < -0.4 is 4.74 Å². The number of hydrogen-bond acceptors (Lipinski definition) is 2. The van der Waals surface area contributed by atoms with Crippen LogP contribution >= 0.6 is 0 Å². The lowest BCUT2D eigenvalue weighted by Crippen LogP contribution is -2.08. The van der Waals surface area contributed by atoms with Crippen molar-refractivity contribution in [1.82, 2.24) is 0 Å². The minimum Gasteiger partial charge on any atom is -0.423 e. The van der Waals surface area contributed by atoms with Crippen molar-refractivity contribution < 1.29 is 9.53 Å². The van der Waals surface area contributed by atoms with Gasteiger partial charge in [-0.05, 0) is 40.6 Å². The normalized spacial score (nSPS) is 10.3. The minimum atomic E-state index is -0.355. The number of ether oxygens (including phenoxy) is 1. The molecular weight excluding hydrogens is 260 g/mol. The predicted octanol–water partition coefficient (Wildman–Crippen LogP) is 4.70. The Labute approximate surface area is 123 Å². The molecule has 2 heteroatoms. The molecule has 0 saturated heterocycles. The van der Waals surface area contributed by atoms with E-state index in [2.05, 4.69) is 6.58 Å². The highest BCUT2D eigenvalue weighted by molar-refractivity contribution is 5.96. The summed E-state index contributed by atoms with van der Waals surface area (Å²) in [6.45, 7) is 3.69. The summed E-state index contributed by atoms with van der Waals surface area (Å²) in [4.78, 5) is 12.2. The van der Waals surface area contributed by atoms with Crippen molar-refractivity contribution in [2.75, 3.05) is 0 Å². The molecule has 0 saturated carbocycles. The van der Waals surface area contributed by atoms with Gasteiger partial charge in [0.15, 0.2) is 0 Å². The second-order valence-electron chi connectivity index (χ2n) is 4.72. The molecule has 0 amide bonds. The van der Waals surface area contributed by atoms with Crippen LogP contribution in [0.2, 0.25) is 0 Å². The zero-order chi connectivity index (χ0) is 14.7. The van der Waals surface area contributed by atoms with E-state index in [-0.39, 0.29) is 5.97 Å². The summed E-state index contributed by atoms with van der Waals surface area (Å²) < 4.78 is 5.38. The number of carbonyl (C=O) groups excluding carboxylic acids is 1. The van der Waals surface area contributed by atoms with E-state index in [9.17, 15) is 4.79 Å². The summed E-state index contributed by atoms with van der Waals surface area (Å²) >= 11 is 0. The fraction of sp³-hybridized carbons (Fsp3) is 0. The highest BCUT2D eigenvalue weighted by Crippen LogP contribution is 2.18. The second-order valence-corrected chi connectivity index (χ2v) is 4.72. The van der Waals surface area contributed by atoms with Crippen LogP contribution in [0.3, 0.4) is 0 Å². The molecule has 3 aromatic rings. The molecule has 102 valence electrons. The number of benzene rings is 3. The average Bonchev–Trinajstić information content (AvgIpc) is 2.55. The van der Waals surface area contributed by atoms with Gasteiger partial charge in [-0.15, -0.1) is 0 Å². The van der Waals surface area contributed by atoms with Gasteiger partial charge >= 0.3 is 5.97 Å². The molecule has 0 fully saturated rings. The Morgan fingerprint density at radius 2 is 1.62 bits per heavy atom. The molecule has 0 aliphatic carbocycles. The van der Waals surface area contributed by atoms with Crippen molar-refractivity contribution in [1.29, 1.82) is 0 Å². The average molecular weight is 274 g/mol. The molecule has 3 rings (SSSR count). The zero-order valence-electron chi connectivity index (χ0n) is 11.5. The van der Waals surface area contributed by atoms with Crippen molar-refractivity contribution in [3.63, 3.8) is 0 Å². The summed E-state index contributed by atoms with van der Waals surface area (Å²) in [5.41, 5.74) is 1.53. The number of esters is 1. The van der Waals surface area contributed by atoms with Crippen LogP contribution in [-0.4, -0.2) is 5.97 Å². The van der Waals surface area contributed by atoms with Gasteiger partial charge in [0.25, 0.3) is 0 Å². The molecule has 0 spiro atoms. The van der Waals surface area contributed by atoms with Crippen LogP contribution in [0.25, 0.3) is 16.8 Å². The minimum absolute atomic E-state index is 0.355. The number of hydrogen-bond donors (Lipinski definition) is 0. The standard InChI is InChI=1S/C19H14O2/c1-2-14-7-11-18(12-8-14)21-19(20)17-10-9-15-5-3-4-6-16(15)13-17/h2-13H,1H2. The molecule has 0 heterocycles. The summed E-state index contributed by atoms with van der Waals surface area (Å²) in [5.74, 6) is 0.172. The van der Waals surface area contributed by atoms with Gasteiger partial charge in [-0.3, -0.25) is 0 Å². The lowest BCUT2D eigenvalue weighted by molar-refractivity contribution is 0.0735. The Hall–Kier alpha value is -2.87. The summed E-state index contributed by atoms with van der Waals surface area (Å²) in [6.07, 6.45) is 1.74. The van der Waals surface area contributed by atoms with E-state index in [1.165, 1.54) is 0 Å². The molecule has 0 atom stereocenters. The van der Waals surface area contributed by atoms with Crippen molar-refractivity contribution in [2.24, 2.45) is 0 Å². The van der Waals surface area contributed by atoms with Gasteiger partial charge in [0.05, 0.1) is 5.56 Å². The Balaban J connectivity index is 1.84. The number of rotatable bonds is 3. The molecule has 3 aromatic carbocycles. The quantitative estimate of drug-likeness (QED) is 0.511. The van der Waals surface area contributed by atoms with E-state index in [4.69, 9.17) is 4.74 Å². The Morgan fingerprint density at radius 3 is 2.33 bits per heavy atom. The van der Waals surface area contributed by atoms with Crippen LogP contribution in [0.4, 0.5) is 0 Å². The number of fused-ring (bicyclic) bond motifs is 1. The van der Waals surface area contributed by atoms with Gasteiger partial charge in [-0.25, -0.2) is 4.79 Å². The summed E-state index contributed by atoms with van der Waals surface area (Å²) in [6, 6.07) is 20.7. The van der Waals surface area contributed by atoms with Crippen molar-refractivity contribution in [2.45, 2.75) is 0 Å². The lowest BCUT2D eigenvalue weighted by Gasteiger charge is -2.06. The highest BCUT2D eigenvalue weighted by atomic mass is 16.5. The first-order valence-electron chi connectivity index (χ1n) is 6.70. The molecule has 0 aromatic heterocycles. The predicted molar refractivity (Wildman–Crippen MR) is 85.4 cm³/mol. The van der Waals surface area contributed by atoms with E-state index in [1.807, 2.05) is 48.5 Å². The molecule has 0 aliphatic rings. The molecule has 0 radical (unpaired) electrons. The number of carbonyl (C=O) groups is 1. The van der Waals surface area contributed by atoms with E-state index in [1.54, 1.807) is 24.3 Å². The van der Waals surface area contributed by atoms with Gasteiger partial charge in [0.1, 0.15) is 5.75 Å². The summed E-state index contributed by atoms with van der Waals surface area (Å²) in [5, 5.41) is 2.12. The van der Waals surface area contributed by atoms with Gasteiger partial charge in [-0.1, -0.05) is 55.1 Å². The Bertz CT molecular complexity index is 801. The third-order valence-electron chi connectivity index (χ3n) is 3.31. The fourth-order valence-corrected chi connectivity index (χ4v) is 2.15. The largest absolute Gasteiger partial charge is 0.423 e. The molecule has 0 aliphatic heterocycles. The monoisotopic (exact) mass is 274 g/mol. The Kier molecular flexibility index (Phi) is 3.52.